The first-order chi connectivity index (χ1) is 10.7. The van der Waals surface area contributed by atoms with Crippen LogP contribution in [-0.2, 0) is 6.42 Å². The summed E-state index contributed by atoms with van der Waals surface area (Å²) >= 11 is 0. The molecule has 0 radical (unpaired) electrons. The Labute approximate surface area is 131 Å². The van der Waals surface area contributed by atoms with Gasteiger partial charge in [0.1, 0.15) is 11.6 Å². The van der Waals surface area contributed by atoms with E-state index in [1.807, 2.05) is 18.2 Å². The zero-order valence-electron chi connectivity index (χ0n) is 13.0. The molecule has 0 N–H and O–H groups in total. The van der Waals surface area contributed by atoms with Gasteiger partial charge in [-0.3, -0.25) is 0 Å². The van der Waals surface area contributed by atoms with Crippen molar-refractivity contribution in [2.45, 2.75) is 32.6 Å². The maximum Gasteiger partial charge on any atom is 0.123 e. The zero-order chi connectivity index (χ0) is 15.5. The molecule has 0 spiro atoms. The summed E-state index contributed by atoms with van der Waals surface area (Å²) in [5.41, 5.74) is 5.41. The van der Waals surface area contributed by atoms with Gasteiger partial charge >= 0.3 is 0 Å². The summed E-state index contributed by atoms with van der Waals surface area (Å²) < 4.78 is 19.1. The van der Waals surface area contributed by atoms with Crippen molar-refractivity contribution in [3.8, 4) is 16.9 Å². The maximum atomic E-state index is 13.3. The second-order valence-electron chi connectivity index (χ2n) is 5.83. The minimum absolute atomic E-state index is 0.376. The van der Waals surface area contributed by atoms with E-state index >= 15 is 0 Å². The monoisotopic (exact) mass is 296 g/mol. The van der Waals surface area contributed by atoms with Crippen LogP contribution in [0.5, 0.6) is 5.75 Å². The Kier molecular flexibility index (Phi) is 4.28. The van der Waals surface area contributed by atoms with Gasteiger partial charge in [-0.1, -0.05) is 44.5 Å². The van der Waals surface area contributed by atoms with Gasteiger partial charge in [0.2, 0.25) is 0 Å². The highest BCUT2D eigenvalue weighted by Gasteiger charge is 2.19. The summed E-state index contributed by atoms with van der Waals surface area (Å²) in [6.07, 6.45) is 4.32. The van der Waals surface area contributed by atoms with Gasteiger partial charge < -0.3 is 4.74 Å². The second kappa shape index (κ2) is 6.35. The Bertz CT molecular complexity index is 703. The normalized spacial score (nSPS) is 11.9. The van der Waals surface area contributed by atoms with Crippen LogP contribution < -0.4 is 4.74 Å². The molecular formula is C20H21FO. The van der Waals surface area contributed by atoms with Crippen molar-refractivity contribution in [1.82, 2.24) is 0 Å². The summed E-state index contributed by atoms with van der Waals surface area (Å²) in [7, 11) is 0. The summed E-state index contributed by atoms with van der Waals surface area (Å²) in [6.45, 7) is 6.33. The third-order valence-corrected chi connectivity index (χ3v) is 4.18. The van der Waals surface area contributed by atoms with E-state index in [2.05, 4.69) is 25.6 Å². The lowest BCUT2D eigenvalue weighted by Crippen LogP contribution is -1.97. The van der Waals surface area contributed by atoms with E-state index in [0.29, 0.717) is 5.56 Å². The number of rotatable bonds is 6. The summed E-state index contributed by atoms with van der Waals surface area (Å²) in [5, 5.41) is 0. The third kappa shape index (κ3) is 2.92. The fourth-order valence-corrected chi connectivity index (χ4v) is 2.99. The quantitative estimate of drug-likeness (QED) is 0.525. The highest BCUT2D eigenvalue weighted by Crippen LogP contribution is 2.39. The molecule has 0 aliphatic heterocycles. The van der Waals surface area contributed by atoms with Crippen LogP contribution in [0.3, 0.4) is 0 Å². The second-order valence-corrected chi connectivity index (χ2v) is 5.83. The SMILES string of the molecule is C=C(F)c1ccc2c(c1)Cc1cc(OCCCCC)ccc1-2. The van der Waals surface area contributed by atoms with Crippen molar-refractivity contribution in [3.05, 3.63) is 59.7 Å². The predicted octanol–water partition coefficient (Wildman–Crippen LogP) is 5.77. The number of benzene rings is 2. The predicted molar refractivity (Wildman–Crippen MR) is 89.8 cm³/mol. The zero-order valence-corrected chi connectivity index (χ0v) is 13.0. The smallest absolute Gasteiger partial charge is 0.123 e. The topological polar surface area (TPSA) is 9.23 Å². The fraction of sp³-hybridized carbons (Fsp3) is 0.300. The Morgan fingerprint density at radius 3 is 2.55 bits per heavy atom. The van der Waals surface area contributed by atoms with Crippen molar-refractivity contribution in [3.63, 3.8) is 0 Å². The highest BCUT2D eigenvalue weighted by atomic mass is 19.1. The van der Waals surface area contributed by atoms with Gasteiger partial charge in [-0.25, -0.2) is 4.39 Å². The van der Waals surface area contributed by atoms with E-state index in [-0.39, 0.29) is 5.83 Å². The summed E-state index contributed by atoms with van der Waals surface area (Å²) in [4.78, 5) is 0. The van der Waals surface area contributed by atoms with Crippen LogP contribution >= 0.6 is 0 Å². The van der Waals surface area contributed by atoms with Crippen LogP contribution in [0.25, 0.3) is 17.0 Å². The summed E-state index contributed by atoms with van der Waals surface area (Å²) in [6, 6.07) is 11.9. The minimum Gasteiger partial charge on any atom is -0.494 e. The number of hydrogen-bond acceptors (Lipinski definition) is 1. The molecule has 2 heteroatoms. The van der Waals surface area contributed by atoms with Crippen LogP contribution in [0.2, 0.25) is 0 Å². The van der Waals surface area contributed by atoms with Crippen LogP contribution in [0.4, 0.5) is 4.39 Å². The van der Waals surface area contributed by atoms with Crippen molar-refractivity contribution >= 4 is 5.83 Å². The first kappa shape index (κ1) is 14.8. The molecule has 0 saturated carbocycles. The Balaban J connectivity index is 1.78. The fourth-order valence-electron chi connectivity index (χ4n) is 2.99. The largest absolute Gasteiger partial charge is 0.494 e. The lowest BCUT2D eigenvalue weighted by molar-refractivity contribution is 0.306. The third-order valence-electron chi connectivity index (χ3n) is 4.18. The molecule has 114 valence electrons. The molecule has 0 saturated heterocycles. The molecule has 0 bridgehead atoms. The van der Waals surface area contributed by atoms with Gasteiger partial charge in [0, 0.05) is 5.56 Å². The molecule has 0 unspecified atom stereocenters. The average Bonchev–Trinajstić information content (AvgIpc) is 2.88. The van der Waals surface area contributed by atoms with E-state index in [1.165, 1.54) is 29.5 Å². The Morgan fingerprint density at radius 2 is 1.82 bits per heavy atom. The first-order valence-electron chi connectivity index (χ1n) is 7.93. The number of unbranched alkanes of at least 4 members (excludes halogenated alkanes) is 2. The van der Waals surface area contributed by atoms with Gasteiger partial charge in [0.15, 0.2) is 0 Å². The highest BCUT2D eigenvalue weighted by molar-refractivity contribution is 5.79. The molecule has 3 rings (SSSR count). The van der Waals surface area contributed by atoms with Crippen LogP contribution in [0, 0.1) is 0 Å². The molecular weight excluding hydrogens is 275 g/mol. The minimum atomic E-state index is -0.376. The molecule has 0 atom stereocenters. The van der Waals surface area contributed by atoms with E-state index in [4.69, 9.17) is 4.74 Å². The maximum absolute atomic E-state index is 13.3. The average molecular weight is 296 g/mol. The lowest BCUT2D eigenvalue weighted by atomic mass is 10.0. The Morgan fingerprint density at radius 1 is 1.09 bits per heavy atom. The number of ether oxygens (including phenoxy) is 1. The van der Waals surface area contributed by atoms with Gasteiger partial charge in [0.25, 0.3) is 0 Å². The van der Waals surface area contributed by atoms with E-state index in [9.17, 15) is 4.39 Å². The van der Waals surface area contributed by atoms with Crippen molar-refractivity contribution in [2.75, 3.05) is 6.61 Å². The molecule has 0 amide bonds. The van der Waals surface area contributed by atoms with E-state index in [1.54, 1.807) is 6.07 Å². The standard InChI is InChI=1S/C20H21FO/c1-3-4-5-10-22-18-7-9-20-17(13-18)12-16-11-15(14(2)21)6-8-19(16)20/h6-9,11,13H,2-5,10,12H2,1H3. The van der Waals surface area contributed by atoms with Gasteiger partial charge in [-0.15, -0.1) is 0 Å². The van der Waals surface area contributed by atoms with Crippen molar-refractivity contribution in [2.24, 2.45) is 0 Å². The Hall–Kier alpha value is -2.09. The molecule has 2 aromatic carbocycles. The van der Waals surface area contributed by atoms with Crippen molar-refractivity contribution in [1.29, 1.82) is 0 Å². The molecule has 1 aliphatic carbocycles. The number of fused-ring (bicyclic) bond motifs is 3. The van der Waals surface area contributed by atoms with Crippen LogP contribution in [0.15, 0.2) is 43.0 Å². The van der Waals surface area contributed by atoms with Crippen molar-refractivity contribution < 1.29 is 9.13 Å². The van der Waals surface area contributed by atoms with Gasteiger partial charge in [-0.2, -0.15) is 0 Å². The number of hydrogen-bond donors (Lipinski definition) is 0. The molecule has 0 fully saturated rings. The molecule has 2 aromatic rings. The van der Waals surface area contributed by atoms with Crippen LogP contribution in [-0.4, -0.2) is 6.61 Å². The molecule has 22 heavy (non-hydrogen) atoms. The molecule has 1 nitrogen and oxygen atoms in total. The summed E-state index contributed by atoms with van der Waals surface area (Å²) in [5.74, 6) is 0.552. The van der Waals surface area contributed by atoms with Crippen LogP contribution in [0.1, 0.15) is 42.9 Å². The van der Waals surface area contributed by atoms with Gasteiger partial charge in [0.05, 0.1) is 6.61 Å². The first-order valence-corrected chi connectivity index (χ1v) is 7.93. The van der Waals surface area contributed by atoms with Gasteiger partial charge in [-0.05, 0) is 53.3 Å². The molecule has 1 aliphatic rings. The van der Waals surface area contributed by atoms with E-state index in [0.717, 1.165) is 30.8 Å². The number of halogens is 1. The molecule has 0 aromatic heterocycles. The lowest BCUT2D eigenvalue weighted by Gasteiger charge is -2.08. The van der Waals surface area contributed by atoms with E-state index < -0.39 is 0 Å². The molecule has 0 heterocycles.